The third kappa shape index (κ3) is 2.31. The van der Waals surface area contributed by atoms with Crippen LogP contribution in [-0.4, -0.2) is 49.0 Å². The zero-order chi connectivity index (χ0) is 16.1. The number of ether oxygens (including phenoxy) is 3. The molecule has 0 radical (unpaired) electrons. The molecule has 0 unspecified atom stereocenters. The molecular weight excluding hydrogens is 302 g/mol. The first-order chi connectivity index (χ1) is 11.8. The fourth-order valence-corrected chi connectivity index (χ4v) is 5.09. The Balaban J connectivity index is 1.44. The Hall–Kier alpha value is -1.10. The van der Waals surface area contributed by atoms with Gasteiger partial charge in [-0.15, -0.1) is 0 Å². The van der Waals surface area contributed by atoms with Gasteiger partial charge in [0.25, 0.3) is 0 Å². The monoisotopic (exact) mass is 329 g/mol. The summed E-state index contributed by atoms with van der Waals surface area (Å²) in [5.41, 5.74) is 1.22. The third-order valence-corrected chi connectivity index (χ3v) is 6.62. The van der Waals surface area contributed by atoms with E-state index in [1.54, 1.807) is 0 Å². The van der Waals surface area contributed by atoms with Gasteiger partial charge < -0.3 is 14.2 Å². The van der Waals surface area contributed by atoms with Gasteiger partial charge in [-0.25, -0.2) is 0 Å². The Labute approximate surface area is 144 Å². The summed E-state index contributed by atoms with van der Waals surface area (Å²) in [5.74, 6) is 1.54. The van der Waals surface area contributed by atoms with Gasteiger partial charge in [-0.3, -0.25) is 4.90 Å². The van der Waals surface area contributed by atoms with E-state index in [2.05, 4.69) is 36.1 Å². The Morgan fingerprint density at radius 3 is 2.62 bits per heavy atom. The second-order valence-corrected chi connectivity index (χ2v) is 7.98. The van der Waals surface area contributed by atoms with Crippen LogP contribution in [0.4, 0.5) is 0 Å². The SMILES string of the molecule is C[C@H]1CC[C@@H]2[C@@H](O1)c1ccccc1OC21CCN(C2COC2)CC1. The van der Waals surface area contributed by atoms with Crippen molar-refractivity contribution < 1.29 is 14.2 Å². The molecule has 5 rings (SSSR count). The van der Waals surface area contributed by atoms with Crippen molar-refractivity contribution in [2.75, 3.05) is 26.3 Å². The van der Waals surface area contributed by atoms with Gasteiger partial charge in [-0.1, -0.05) is 18.2 Å². The molecule has 0 amide bonds. The van der Waals surface area contributed by atoms with E-state index >= 15 is 0 Å². The predicted molar refractivity (Wildman–Crippen MR) is 91.2 cm³/mol. The minimum Gasteiger partial charge on any atom is -0.486 e. The highest BCUT2D eigenvalue weighted by Gasteiger charge is 2.53. The first-order valence-electron chi connectivity index (χ1n) is 9.50. The van der Waals surface area contributed by atoms with E-state index in [0.29, 0.717) is 18.1 Å². The minimum absolute atomic E-state index is 0.0414. The van der Waals surface area contributed by atoms with Gasteiger partial charge in [0, 0.05) is 37.4 Å². The first-order valence-corrected chi connectivity index (χ1v) is 9.50. The second-order valence-electron chi connectivity index (χ2n) is 7.98. The molecule has 1 aromatic carbocycles. The average molecular weight is 329 g/mol. The molecule has 1 aromatic rings. The number of hydrogen-bond acceptors (Lipinski definition) is 4. The number of fused-ring (bicyclic) bond motifs is 4. The number of likely N-dealkylation sites (tertiary alicyclic amines) is 1. The van der Waals surface area contributed by atoms with Gasteiger partial charge >= 0.3 is 0 Å². The molecule has 1 spiro atoms. The lowest BCUT2D eigenvalue weighted by atomic mass is 9.69. The van der Waals surface area contributed by atoms with Crippen LogP contribution < -0.4 is 4.74 Å². The lowest BCUT2D eigenvalue weighted by Crippen LogP contribution is -2.61. The zero-order valence-electron chi connectivity index (χ0n) is 14.4. The topological polar surface area (TPSA) is 30.9 Å². The molecule has 0 aliphatic carbocycles. The summed E-state index contributed by atoms with van der Waals surface area (Å²) in [6.45, 7) is 6.26. The van der Waals surface area contributed by atoms with Crippen molar-refractivity contribution in [1.29, 1.82) is 0 Å². The highest BCUT2D eigenvalue weighted by Crippen LogP contribution is 2.53. The zero-order valence-corrected chi connectivity index (χ0v) is 14.4. The summed E-state index contributed by atoms with van der Waals surface area (Å²) in [6, 6.07) is 9.15. The van der Waals surface area contributed by atoms with Crippen LogP contribution in [0.5, 0.6) is 5.75 Å². The second kappa shape index (κ2) is 5.72. The van der Waals surface area contributed by atoms with Crippen molar-refractivity contribution in [2.24, 2.45) is 5.92 Å². The molecule has 0 bridgehead atoms. The van der Waals surface area contributed by atoms with E-state index in [4.69, 9.17) is 14.2 Å². The Morgan fingerprint density at radius 2 is 1.88 bits per heavy atom. The molecule has 4 aliphatic heterocycles. The maximum atomic E-state index is 6.71. The molecule has 4 heteroatoms. The van der Waals surface area contributed by atoms with Gasteiger partial charge in [0.2, 0.25) is 0 Å². The number of rotatable bonds is 1. The standard InChI is InChI=1S/C20H27NO3/c1-14-6-7-17-19(23-14)16-4-2-3-5-18(16)24-20(17)8-10-21(11-9-20)15-12-22-13-15/h2-5,14-15,17,19H,6-13H2,1H3/t14-,17+,19-/m0/s1. The average Bonchev–Trinajstić information content (AvgIpc) is 2.55. The fourth-order valence-electron chi connectivity index (χ4n) is 5.09. The number of hydrogen-bond donors (Lipinski definition) is 0. The van der Waals surface area contributed by atoms with Crippen LogP contribution in [0, 0.1) is 5.92 Å². The first kappa shape index (κ1) is 15.2. The molecule has 3 fully saturated rings. The van der Waals surface area contributed by atoms with Crippen molar-refractivity contribution in [3.05, 3.63) is 29.8 Å². The predicted octanol–water partition coefficient (Wildman–Crippen LogP) is 3.17. The van der Waals surface area contributed by atoms with Gasteiger partial charge in [-0.05, 0) is 25.8 Å². The lowest BCUT2D eigenvalue weighted by molar-refractivity contribution is -0.177. The van der Waals surface area contributed by atoms with Crippen molar-refractivity contribution in [3.8, 4) is 5.75 Å². The van der Waals surface area contributed by atoms with Gasteiger partial charge in [0.1, 0.15) is 11.4 Å². The van der Waals surface area contributed by atoms with Crippen molar-refractivity contribution in [1.82, 2.24) is 4.90 Å². The molecule has 4 heterocycles. The van der Waals surface area contributed by atoms with E-state index in [0.717, 1.165) is 51.3 Å². The summed E-state index contributed by atoms with van der Waals surface area (Å²) in [4.78, 5) is 2.60. The Bertz CT molecular complexity index is 607. The summed E-state index contributed by atoms with van der Waals surface area (Å²) in [7, 11) is 0. The number of piperidine rings is 1. The van der Waals surface area contributed by atoms with Crippen molar-refractivity contribution in [3.63, 3.8) is 0 Å². The molecule has 3 saturated heterocycles. The molecule has 4 aliphatic rings. The summed E-state index contributed by atoms with van der Waals surface area (Å²) in [5, 5.41) is 0. The van der Waals surface area contributed by atoms with Gasteiger partial charge in [0.05, 0.1) is 31.5 Å². The highest BCUT2D eigenvalue weighted by molar-refractivity contribution is 5.39. The molecule has 4 nitrogen and oxygen atoms in total. The van der Waals surface area contributed by atoms with Crippen LogP contribution in [0.15, 0.2) is 24.3 Å². The Kier molecular flexibility index (Phi) is 3.62. The molecule has 3 atom stereocenters. The molecular formula is C20H27NO3. The summed E-state index contributed by atoms with van der Waals surface area (Å²) >= 11 is 0. The number of benzene rings is 1. The maximum Gasteiger partial charge on any atom is 0.125 e. The van der Waals surface area contributed by atoms with Crippen LogP contribution in [0.1, 0.15) is 44.3 Å². The quantitative estimate of drug-likeness (QED) is 0.792. The summed E-state index contributed by atoms with van der Waals surface area (Å²) in [6.07, 6.45) is 5.13. The highest BCUT2D eigenvalue weighted by atomic mass is 16.5. The van der Waals surface area contributed by atoms with Crippen LogP contribution in [-0.2, 0) is 9.47 Å². The molecule has 0 N–H and O–H groups in total. The molecule has 24 heavy (non-hydrogen) atoms. The van der Waals surface area contributed by atoms with E-state index in [1.165, 1.54) is 12.0 Å². The van der Waals surface area contributed by atoms with Gasteiger partial charge in [-0.2, -0.15) is 0 Å². The van der Waals surface area contributed by atoms with Crippen LogP contribution in [0.3, 0.4) is 0 Å². The molecule has 0 aromatic heterocycles. The molecule has 0 saturated carbocycles. The fraction of sp³-hybridized carbons (Fsp3) is 0.700. The lowest BCUT2D eigenvalue weighted by Gasteiger charge is -2.55. The van der Waals surface area contributed by atoms with Crippen LogP contribution in [0.2, 0.25) is 0 Å². The maximum absolute atomic E-state index is 6.71. The smallest absolute Gasteiger partial charge is 0.125 e. The third-order valence-electron chi connectivity index (χ3n) is 6.62. The normalized spacial score (nSPS) is 35.6. The Morgan fingerprint density at radius 1 is 1.08 bits per heavy atom. The number of nitrogens with zero attached hydrogens (tertiary/aromatic N) is 1. The minimum atomic E-state index is -0.0414. The van der Waals surface area contributed by atoms with E-state index in [1.807, 2.05) is 0 Å². The van der Waals surface area contributed by atoms with E-state index in [9.17, 15) is 0 Å². The van der Waals surface area contributed by atoms with Crippen LogP contribution in [0.25, 0.3) is 0 Å². The van der Waals surface area contributed by atoms with Crippen molar-refractivity contribution in [2.45, 2.75) is 56.5 Å². The van der Waals surface area contributed by atoms with Gasteiger partial charge in [0.15, 0.2) is 0 Å². The summed E-state index contributed by atoms with van der Waals surface area (Å²) < 4.78 is 18.5. The van der Waals surface area contributed by atoms with Crippen LogP contribution >= 0.6 is 0 Å². The van der Waals surface area contributed by atoms with E-state index < -0.39 is 0 Å². The van der Waals surface area contributed by atoms with E-state index in [-0.39, 0.29) is 11.7 Å². The largest absolute Gasteiger partial charge is 0.486 e. The molecule has 130 valence electrons. The number of para-hydroxylation sites is 1. The van der Waals surface area contributed by atoms with Crippen molar-refractivity contribution >= 4 is 0 Å².